The monoisotopic (exact) mass is 200 g/mol. The molecule has 4 nitrogen and oxygen atoms in total. The van der Waals surface area contributed by atoms with E-state index < -0.39 is 0 Å². The number of aliphatic hydroxyl groups is 3. The number of rotatable bonds is 0. The van der Waals surface area contributed by atoms with Crippen LogP contribution in [0.3, 0.4) is 0 Å². The molecule has 11 heavy (non-hydrogen) atoms. The van der Waals surface area contributed by atoms with Gasteiger partial charge < -0.3 is 42.2 Å². The molecule has 0 unspecified atom stereocenters. The Balaban J connectivity index is -0.0000000150. The molecule has 0 amide bonds. The number of hydrogen-bond donors (Lipinski definition) is 4. The molecule has 6 N–H and O–H groups in total. The molecule has 0 saturated heterocycles. The Labute approximate surface area is 84.1 Å². The molecule has 0 fully saturated rings. The Kier molecular flexibility index (Phi) is 208. The average Bonchev–Trinajstić information content (AvgIpc) is 1.70. The quantitative estimate of drug-likeness (QED) is 0.316. The first-order valence-corrected chi connectivity index (χ1v) is 2.45. The van der Waals surface area contributed by atoms with Crippen molar-refractivity contribution in [3.8, 4) is 0 Å². The van der Waals surface area contributed by atoms with Gasteiger partial charge in [-0.1, -0.05) is 19.8 Å². The van der Waals surface area contributed by atoms with Crippen LogP contribution in [0.25, 0.3) is 0 Å². The van der Waals surface area contributed by atoms with E-state index in [1.54, 1.807) is 0 Å². The maximum Gasteiger partial charge on any atom is 3.00 e. The van der Waals surface area contributed by atoms with Crippen LogP contribution in [0.15, 0.2) is 0 Å². The van der Waals surface area contributed by atoms with Gasteiger partial charge in [-0.2, -0.15) is 0 Å². The van der Waals surface area contributed by atoms with Gasteiger partial charge in [0, 0.05) is 0 Å². The molecule has 0 aliphatic heterocycles. The molecule has 0 aliphatic carbocycles. The SMILES string of the molecule is N.[CH2-]CO.[CH2-]CO.[CH2-]CO.[Ti+3]. The van der Waals surface area contributed by atoms with Crippen molar-refractivity contribution in [2.45, 2.75) is 0 Å². The molecule has 5 heteroatoms. The maximum atomic E-state index is 7.46. The summed E-state index contributed by atoms with van der Waals surface area (Å²) in [6, 6.07) is 0. The molecule has 0 atom stereocenters. The third kappa shape index (κ3) is 2510. The van der Waals surface area contributed by atoms with Crippen LogP contribution in [-0.4, -0.2) is 35.1 Å². The average molecular weight is 200 g/mol. The molecule has 0 aromatic carbocycles. The molecule has 1 radical (unpaired) electrons. The van der Waals surface area contributed by atoms with Crippen molar-refractivity contribution in [1.82, 2.24) is 6.15 Å². The van der Waals surface area contributed by atoms with E-state index in [4.69, 9.17) is 15.3 Å². The first kappa shape index (κ1) is 30.0. The Morgan fingerprint density at radius 2 is 0.727 bits per heavy atom. The zero-order valence-electron chi connectivity index (χ0n) is 6.79. The number of aliphatic hydroxyl groups excluding tert-OH is 3. The summed E-state index contributed by atoms with van der Waals surface area (Å²) >= 11 is 0. The van der Waals surface area contributed by atoms with Crippen LogP contribution in [0, 0.1) is 20.8 Å². The number of hydrogen-bond acceptors (Lipinski definition) is 4. The molecule has 0 spiro atoms. The van der Waals surface area contributed by atoms with Gasteiger partial charge in [0.25, 0.3) is 0 Å². The van der Waals surface area contributed by atoms with Crippen molar-refractivity contribution >= 4 is 0 Å². The summed E-state index contributed by atoms with van der Waals surface area (Å²) in [6.45, 7) is 9.12. The minimum absolute atomic E-state index is 0. The fourth-order valence-corrected chi connectivity index (χ4v) is 0. The summed E-state index contributed by atoms with van der Waals surface area (Å²) in [7, 11) is 0. The van der Waals surface area contributed by atoms with E-state index in [2.05, 4.69) is 20.8 Å². The molecule has 0 saturated carbocycles. The van der Waals surface area contributed by atoms with E-state index in [1.807, 2.05) is 0 Å². The fraction of sp³-hybridized carbons (Fsp3) is 0.500. The van der Waals surface area contributed by atoms with Gasteiger partial charge in [-0.3, -0.25) is 0 Å². The standard InChI is InChI=1S/3C2H5O.H3N.Ti/c3*1-2-3;;/h3*3H,1-2H2;1H3;/q3*-1;;+3. The van der Waals surface area contributed by atoms with Crippen molar-refractivity contribution in [3.05, 3.63) is 20.8 Å². The molecular weight excluding hydrogens is 182 g/mol. The minimum Gasteiger partial charge on any atom is -0.428 e. The Morgan fingerprint density at radius 3 is 0.727 bits per heavy atom. The van der Waals surface area contributed by atoms with Gasteiger partial charge in [0.2, 0.25) is 0 Å². The van der Waals surface area contributed by atoms with Crippen molar-refractivity contribution < 1.29 is 37.0 Å². The van der Waals surface area contributed by atoms with Crippen LogP contribution in [-0.2, 0) is 21.7 Å². The van der Waals surface area contributed by atoms with E-state index in [9.17, 15) is 0 Å². The first-order chi connectivity index (χ1) is 4.24. The third-order valence-electron chi connectivity index (χ3n) is 0. The second-order valence-electron chi connectivity index (χ2n) is 0.671. The molecule has 0 aliphatic rings. The molecule has 0 rings (SSSR count). The van der Waals surface area contributed by atoms with Gasteiger partial charge in [-0.15, -0.1) is 0 Å². The van der Waals surface area contributed by atoms with Gasteiger partial charge in [0.15, 0.2) is 0 Å². The van der Waals surface area contributed by atoms with Crippen molar-refractivity contribution in [2.75, 3.05) is 19.8 Å². The summed E-state index contributed by atoms with van der Waals surface area (Å²) in [4.78, 5) is 0. The smallest absolute Gasteiger partial charge is 0.428 e. The predicted octanol–water partition coefficient (Wildman–Crippen LogP) is -0.402. The van der Waals surface area contributed by atoms with Crippen LogP contribution in [0.4, 0.5) is 0 Å². The Bertz CT molecular complexity index is 22.5. The zero-order chi connectivity index (χ0) is 8.12. The summed E-state index contributed by atoms with van der Waals surface area (Å²) < 4.78 is 0. The van der Waals surface area contributed by atoms with Gasteiger partial charge >= 0.3 is 21.7 Å². The van der Waals surface area contributed by atoms with Gasteiger partial charge in [-0.05, 0) is 0 Å². The van der Waals surface area contributed by atoms with Crippen molar-refractivity contribution in [1.29, 1.82) is 0 Å². The third-order valence-corrected chi connectivity index (χ3v) is 0. The molecular formula is C6H18NO3Ti. The summed E-state index contributed by atoms with van der Waals surface area (Å²) in [5.74, 6) is 0. The van der Waals surface area contributed by atoms with E-state index in [0.717, 1.165) is 0 Å². The van der Waals surface area contributed by atoms with Gasteiger partial charge in [0.05, 0.1) is 0 Å². The van der Waals surface area contributed by atoms with Crippen molar-refractivity contribution in [2.24, 2.45) is 0 Å². The minimum atomic E-state index is 0. The van der Waals surface area contributed by atoms with E-state index in [0.29, 0.717) is 0 Å². The predicted molar refractivity (Wildman–Crippen MR) is 42.4 cm³/mol. The van der Waals surface area contributed by atoms with E-state index in [1.165, 1.54) is 0 Å². The van der Waals surface area contributed by atoms with E-state index in [-0.39, 0.29) is 47.7 Å². The summed E-state index contributed by atoms with van der Waals surface area (Å²) in [5, 5.41) is 22.4. The normalized spacial score (nSPS) is 4.91. The van der Waals surface area contributed by atoms with Crippen molar-refractivity contribution in [3.63, 3.8) is 0 Å². The van der Waals surface area contributed by atoms with Crippen LogP contribution >= 0.6 is 0 Å². The van der Waals surface area contributed by atoms with Gasteiger partial charge in [-0.25, -0.2) is 0 Å². The Morgan fingerprint density at radius 1 is 0.727 bits per heavy atom. The summed E-state index contributed by atoms with van der Waals surface area (Å²) in [6.07, 6.45) is 0. The van der Waals surface area contributed by atoms with Crippen LogP contribution in [0.5, 0.6) is 0 Å². The summed E-state index contributed by atoms with van der Waals surface area (Å²) in [5.41, 5.74) is 0. The second-order valence-corrected chi connectivity index (χ2v) is 0.671. The van der Waals surface area contributed by atoms with Crippen LogP contribution in [0.2, 0.25) is 0 Å². The Hall–Kier alpha value is 0.554. The second kappa shape index (κ2) is 76.3. The molecule has 0 bridgehead atoms. The first-order valence-electron chi connectivity index (χ1n) is 2.45. The van der Waals surface area contributed by atoms with Gasteiger partial charge in [0.1, 0.15) is 0 Å². The largest absolute Gasteiger partial charge is 3.00 e. The van der Waals surface area contributed by atoms with E-state index >= 15 is 0 Å². The van der Waals surface area contributed by atoms with Crippen LogP contribution in [0.1, 0.15) is 0 Å². The maximum absolute atomic E-state index is 7.46. The molecule has 69 valence electrons. The molecule has 0 aromatic heterocycles. The molecule has 0 heterocycles. The zero-order valence-corrected chi connectivity index (χ0v) is 8.35. The molecule has 0 aromatic rings. The topological polar surface area (TPSA) is 95.7 Å². The fourth-order valence-electron chi connectivity index (χ4n) is 0. The van der Waals surface area contributed by atoms with Crippen LogP contribution < -0.4 is 6.15 Å².